The largest absolute Gasteiger partial charge is 0.385 e. The summed E-state index contributed by atoms with van der Waals surface area (Å²) in [4.78, 5) is 8.17. The number of rotatable bonds is 10. The molecule has 3 aromatic rings. The third-order valence-electron chi connectivity index (χ3n) is 5.67. The van der Waals surface area contributed by atoms with E-state index in [9.17, 15) is 0 Å². The second-order valence-electron chi connectivity index (χ2n) is 7.94. The molecule has 0 saturated carbocycles. The monoisotopic (exact) mass is 454 g/mol. The quantitative estimate of drug-likeness (QED) is 0.287. The summed E-state index contributed by atoms with van der Waals surface area (Å²) >= 11 is 8.00. The Morgan fingerprint density at radius 2 is 1.77 bits per heavy atom. The summed E-state index contributed by atoms with van der Waals surface area (Å²) in [5.74, 6) is 1.14. The third-order valence-corrected chi connectivity index (χ3v) is 7.07. The van der Waals surface area contributed by atoms with Crippen molar-refractivity contribution in [1.82, 2.24) is 10.3 Å². The molecule has 2 heterocycles. The molecule has 2 aromatic carbocycles. The van der Waals surface area contributed by atoms with Crippen LogP contribution in [0.1, 0.15) is 25.7 Å². The maximum Gasteiger partial charge on any atom is 0.0728 e. The lowest BCUT2D eigenvalue weighted by molar-refractivity contribution is 0.589. The van der Waals surface area contributed by atoms with E-state index < -0.39 is 0 Å². The van der Waals surface area contributed by atoms with E-state index in [1.807, 2.05) is 30.1 Å². The third kappa shape index (κ3) is 6.52. The minimum Gasteiger partial charge on any atom is -0.385 e. The van der Waals surface area contributed by atoms with Gasteiger partial charge in [0.25, 0.3) is 0 Å². The zero-order valence-corrected chi connectivity index (χ0v) is 19.5. The summed E-state index contributed by atoms with van der Waals surface area (Å²) in [5.41, 5.74) is 3.53. The van der Waals surface area contributed by atoms with Crippen LogP contribution in [-0.4, -0.2) is 43.5 Å². The van der Waals surface area contributed by atoms with Crippen molar-refractivity contribution in [1.29, 1.82) is 0 Å². The number of thioether (sulfide) groups is 1. The van der Waals surface area contributed by atoms with E-state index in [0.29, 0.717) is 0 Å². The number of anilines is 2. The molecule has 0 spiro atoms. The molecule has 0 atom stereocenters. The molecule has 1 aliphatic rings. The van der Waals surface area contributed by atoms with E-state index in [-0.39, 0.29) is 0 Å². The molecule has 2 N–H and O–H groups in total. The number of benzene rings is 2. The summed E-state index contributed by atoms with van der Waals surface area (Å²) in [7, 11) is 0. The maximum atomic E-state index is 6.08. The van der Waals surface area contributed by atoms with Crippen LogP contribution in [-0.2, 0) is 0 Å². The number of hydrogen-bond donors (Lipinski definition) is 2. The van der Waals surface area contributed by atoms with E-state index in [4.69, 9.17) is 11.6 Å². The molecule has 4 rings (SSSR count). The topological polar surface area (TPSA) is 40.2 Å². The Balaban J connectivity index is 1.10. The molecular formula is C25H31ClN4S. The van der Waals surface area contributed by atoms with Crippen molar-refractivity contribution in [3.05, 3.63) is 59.8 Å². The fraction of sp³-hybridized carbons (Fsp3) is 0.400. The number of aromatic nitrogens is 1. The first-order valence-electron chi connectivity index (χ1n) is 11.3. The first-order valence-corrected chi connectivity index (χ1v) is 12.6. The lowest BCUT2D eigenvalue weighted by atomic mass is 10.2. The Bertz CT molecular complexity index is 957. The molecule has 4 nitrogen and oxygen atoms in total. The van der Waals surface area contributed by atoms with Crippen LogP contribution in [0.25, 0.3) is 10.9 Å². The Kier molecular flexibility index (Phi) is 8.33. The molecule has 1 saturated heterocycles. The van der Waals surface area contributed by atoms with E-state index in [0.717, 1.165) is 49.0 Å². The van der Waals surface area contributed by atoms with Crippen LogP contribution < -0.4 is 15.5 Å². The Hall–Kier alpha value is -1.95. The predicted molar refractivity (Wildman–Crippen MR) is 136 cm³/mol. The highest BCUT2D eigenvalue weighted by molar-refractivity contribution is 7.99. The van der Waals surface area contributed by atoms with E-state index >= 15 is 0 Å². The van der Waals surface area contributed by atoms with E-state index in [1.165, 1.54) is 47.3 Å². The van der Waals surface area contributed by atoms with Crippen molar-refractivity contribution >= 4 is 45.6 Å². The van der Waals surface area contributed by atoms with Gasteiger partial charge in [0, 0.05) is 65.6 Å². The number of pyridine rings is 1. The van der Waals surface area contributed by atoms with Gasteiger partial charge < -0.3 is 15.5 Å². The van der Waals surface area contributed by atoms with Crippen LogP contribution in [0.2, 0.25) is 5.02 Å². The zero-order valence-electron chi connectivity index (χ0n) is 17.9. The summed E-state index contributed by atoms with van der Waals surface area (Å²) < 4.78 is 0. The molecule has 31 heavy (non-hydrogen) atoms. The van der Waals surface area contributed by atoms with Gasteiger partial charge in [0.05, 0.1) is 5.52 Å². The first-order chi connectivity index (χ1) is 15.3. The molecule has 0 amide bonds. The number of piperazine rings is 1. The van der Waals surface area contributed by atoms with Crippen molar-refractivity contribution in [3.8, 4) is 0 Å². The molecule has 6 heteroatoms. The van der Waals surface area contributed by atoms with Crippen molar-refractivity contribution in [2.75, 3.05) is 48.7 Å². The molecule has 0 radical (unpaired) electrons. The molecule has 0 unspecified atom stereocenters. The molecular weight excluding hydrogens is 424 g/mol. The van der Waals surface area contributed by atoms with Crippen molar-refractivity contribution in [3.63, 3.8) is 0 Å². The van der Waals surface area contributed by atoms with Gasteiger partial charge in [-0.3, -0.25) is 4.98 Å². The average Bonchev–Trinajstić information content (AvgIpc) is 2.81. The Morgan fingerprint density at radius 3 is 2.61 bits per heavy atom. The van der Waals surface area contributed by atoms with Gasteiger partial charge >= 0.3 is 0 Å². The fourth-order valence-electron chi connectivity index (χ4n) is 3.93. The van der Waals surface area contributed by atoms with Gasteiger partial charge in [-0.05, 0) is 61.1 Å². The minimum atomic E-state index is 0.742. The van der Waals surface area contributed by atoms with Gasteiger partial charge in [0.2, 0.25) is 0 Å². The smallest absolute Gasteiger partial charge is 0.0728 e. The maximum absolute atomic E-state index is 6.08. The van der Waals surface area contributed by atoms with E-state index in [1.54, 1.807) is 0 Å². The van der Waals surface area contributed by atoms with Gasteiger partial charge in [-0.1, -0.05) is 30.5 Å². The van der Waals surface area contributed by atoms with Crippen molar-refractivity contribution < 1.29 is 0 Å². The van der Waals surface area contributed by atoms with Gasteiger partial charge in [-0.2, -0.15) is 0 Å². The Morgan fingerprint density at radius 1 is 0.968 bits per heavy atom. The molecule has 1 aliphatic heterocycles. The molecule has 0 bridgehead atoms. The molecule has 164 valence electrons. The SMILES string of the molecule is Clc1ccc2c(SCCCCCCNc3ccc(N4CCNCC4)cc3)ccnc2c1. The van der Waals surface area contributed by atoms with Crippen LogP contribution in [0, 0.1) is 0 Å². The number of nitrogens with one attached hydrogen (secondary N) is 2. The number of unbranched alkanes of at least 4 members (excludes halogenated alkanes) is 3. The zero-order chi connectivity index (χ0) is 21.3. The van der Waals surface area contributed by atoms with Crippen LogP contribution in [0.4, 0.5) is 11.4 Å². The summed E-state index contributed by atoms with van der Waals surface area (Å²) in [5, 5.41) is 8.91. The van der Waals surface area contributed by atoms with Gasteiger partial charge in [-0.25, -0.2) is 0 Å². The van der Waals surface area contributed by atoms with Crippen molar-refractivity contribution in [2.24, 2.45) is 0 Å². The van der Waals surface area contributed by atoms with Crippen LogP contribution in [0.15, 0.2) is 59.6 Å². The summed E-state index contributed by atoms with van der Waals surface area (Å²) in [6.45, 7) is 5.38. The minimum absolute atomic E-state index is 0.742. The summed E-state index contributed by atoms with van der Waals surface area (Å²) in [6.07, 6.45) is 6.86. The Labute approximate surface area is 194 Å². The van der Waals surface area contributed by atoms with Gasteiger partial charge in [0.15, 0.2) is 0 Å². The molecule has 1 aromatic heterocycles. The second-order valence-corrected chi connectivity index (χ2v) is 9.52. The van der Waals surface area contributed by atoms with E-state index in [2.05, 4.69) is 56.9 Å². The van der Waals surface area contributed by atoms with Gasteiger partial charge in [0.1, 0.15) is 0 Å². The normalized spacial score (nSPS) is 14.2. The highest BCUT2D eigenvalue weighted by Gasteiger charge is 2.09. The number of fused-ring (bicyclic) bond motifs is 1. The molecule has 1 fully saturated rings. The summed E-state index contributed by atoms with van der Waals surface area (Å²) in [6, 6.07) is 17.0. The second kappa shape index (κ2) is 11.6. The number of nitrogens with zero attached hydrogens (tertiary/aromatic N) is 2. The first kappa shape index (κ1) is 22.3. The lowest BCUT2D eigenvalue weighted by Crippen LogP contribution is -2.43. The highest BCUT2D eigenvalue weighted by atomic mass is 35.5. The predicted octanol–water partition coefficient (Wildman–Crippen LogP) is 6.06. The molecule has 0 aliphatic carbocycles. The average molecular weight is 455 g/mol. The fourth-order valence-corrected chi connectivity index (χ4v) is 5.15. The van der Waals surface area contributed by atoms with Crippen LogP contribution in [0.5, 0.6) is 0 Å². The van der Waals surface area contributed by atoms with Crippen LogP contribution >= 0.6 is 23.4 Å². The standard InChI is InChI=1S/C25H31ClN4S/c26-20-5-10-23-24(19-20)29-13-11-25(23)31-18-4-2-1-3-12-28-21-6-8-22(9-7-21)30-16-14-27-15-17-30/h5-11,13,19,27-28H,1-4,12,14-18H2. The number of halogens is 1. The van der Waals surface area contributed by atoms with Gasteiger partial charge in [-0.15, -0.1) is 11.8 Å². The lowest BCUT2D eigenvalue weighted by Gasteiger charge is -2.29. The van der Waals surface area contributed by atoms with Crippen LogP contribution in [0.3, 0.4) is 0 Å². The highest BCUT2D eigenvalue weighted by Crippen LogP contribution is 2.29. The van der Waals surface area contributed by atoms with Crippen molar-refractivity contribution in [2.45, 2.75) is 30.6 Å². The number of hydrogen-bond acceptors (Lipinski definition) is 5.